The first kappa shape index (κ1) is 18.5. The fourth-order valence-electron chi connectivity index (χ4n) is 2.44. The maximum absolute atomic E-state index is 12.7. The number of anilines is 1. The van der Waals surface area contributed by atoms with E-state index in [9.17, 15) is 14.7 Å². The van der Waals surface area contributed by atoms with Gasteiger partial charge in [0.15, 0.2) is 0 Å². The highest BCUT2D eigenvalue weighted by Gasteiger charge is 2.34. The van der Waals surface area contributed by atoms with Crippen molar-refractivity contribution in [3.63, 3.8) is 0 Å². The third-order valence-corrected chi connectivity index (χ3v) is 3.49. The van der Waals surface area contributed by atoms with Gasteiger partial charge in [0.05, 0.1) is 0 Å². The SMILES string of the molecule is CC(C)(C)OC(=O)N(c1ccccc1)C(Cc1ccccc1)C(=O)O. The first-order valence-corrected chi connectivity index (χ1v) is 8.12. The van der Waals surface area contributed by atoms with E-state index in [2.05, 4.69) is 0 Å². The van der Waals surface area contributed by atoms with Gasteiger partial charge in [-0.15, -0.1) is 0 Å². The Morgan fingerprint density at radius 1 is 1.00 bits per heavy atom. The van der Waals surface area contributed by atoms with E-state index >= 15 is 0 Å². The predicted molar refractivity (Wildman–Crippen MR) is 96.7 cm³/mol. The van der Waals surface area contributed by atoms with Crippen molar-refractivity contribution in [1.29, 1.82) is 0 Å². The molecular weight excluding hydrogens is 318 g/mol. The van der Waals surface area contributed by atoms with E-state index in [1.807, 2.05) is 36.4 Å². The molecule has 0 fully saturated rings. The fourth-order valence-corrected chi connectivity index (χ4v) is 2.44. The van der Waals surface area contributed by atoms with Gasteiger partial charge in [-0.2, -0.15) is 0 Å². The highest BCUT2D eigenvalue weighted by molar-refractivity contribution is 5.95. The Labute approximate surface area is 147 Å². The molecule has 2 aromatic rings. The molecule has 0 aliphatic heterocycles. The number of benzene rings is 2. The monoisotopic (exact) mass is 341 g/mol. The van der Waals surface area contributed by atoms with Crippen LogP contribution >= 0.6 is 0 Å². The molecule has 0 radical (unpaired) electrons. The molecule has 5 nitrogen and oxygen atoms in total. The number of nitrogens with zero attached hydrogens (tertiary/aromatic N) is 1. The van der Waals surface area contributed by atoms with E-state index in [0.29, 0.717) is 5.69 Å². The molecule has 0 saturated carbocycles. The second kappa shape index (κ2) is 7.83. The molecule has 0 saturated heterocycles. The Morgan fingerprint density at radius 3 is 2.00 bits per heavy atom. The molecule has 0 bridgehead atoms. The van der Waals surface area contributed by atoms with E-state index in [1.165, 1.54) is 4.90 Å². The number of hydrogen-bond donors (Lipinski definition) is 1. The van der Waals surface area contributed by atoms with E-state index in [0.717, 1.165) is 5.56 Å². The van der Waals surface area contributed by atoms with Crippen LogP contribution in [-0.2, 0) is 16.0 Å². The predicted octanol–water partition coefficient (Wildman–Crippen LogP) is 4.12. The van der Waals surface area contributed by atoms with Crippen molar-refractivity contribution in [3.05, 3.63) is 66.2 Å². The van der Waals surface area contributed by atoms with E-state index < -0.39 is 23.7 Å². The van der Waals surface area contributed by atoms with Gasteiger partial charge < -0.3 is 9.84 Å². The summed E-state index contributed by atoms with van der Waals surface area (Å²) < 4.78 is 5.45. The third kappa shape index (κ3) is 5.35. The molecule has 1 amide bonds. The Kier molecular flexibility index (Phi) is 5.80. The molecule has 1 unspecified atom stereocenters. The van der Waals surface area contributed by atoms with Crippen molar-refractivity contribution in [2.45, 2.75) is 38.8 Å². The van der Waals surface area contributed by atoms with Crippen molar-refractivity contribution in [2.24, 2.45) is 0 Å². The van der Waals surface area contributed by atoms with Gasteiger partial charge in [0.1, 0.15) is 11.6 Å². The summed E-state index contributed by atoms with van der Waals surface area (Å²) >= 11 is 0. The minimum Gasteiger partial charge on any atom is -0.480 e. The van der Waals surface area contributed by atoms with Crippen LogP contribution in [0.5, 0.6) is 0 Å². The van der Waals surface area contributed by atoms with Crippen molar-refractivity contribution in [2.75, 3.05) is 4.90 Å². The van der Waals surface area contributed by atoms with Crippen molar-refractivity contribution >= 4 is 17.7 Å². The lowest BCUT2D eigenvalue weighted by Gasteiger charge is -2.31. The molecule has 0 aromatic heterocycles. The van der Waals surface area contributed by atoms with E-state index in [1.54, 1.807) is 45.0 Å². The summed E-state index contributed by atoms with van der Waals surface area (Å²) in [6, 6.07) is 16.9. The zero-order valence-electron chi connectivity index (χ0n) is 14.7. The number of amides is 1. The van der Waals surface area contributed by atoms with Crippen molar-refractivity contribution in [1.82, 2.24) is 0 Å². The highest BCUT2D eigenvalue weighted by atomic mass is 16.6. The van der Waals surface area contributed by atoms with Crippen LogP contribution in [0.1, 0.15) is 26.3 Å². The van der Waals surface area contributed by atoms with Crippen LogP contribution in [-0.4, -0.2) is 28.8 Å². The Balaban J connectivity index is 2.40. The molecule has 0 aliphatic rings. The number of rotatable bonds is 5. The first-order valence-electron chi connectivity index (χ1n) is 8.12. The number of aliphatic carboxylic acids is 1. The summed E-state index contributed by atoms with van der Waals surface area (Å²) in [5, 5.41) is 9.76. The Morgan fingerprint density at radius 2 is 1.52 bits per heavy atom. The highest BCUT2D eigenvalue weighted by Crippen LogP contribution is 2.23. The van der Waals surface area contributed by atoms with Gasteiger partial charge >= 0.3 is 12.1 Å². The number of carboxylic acids is 1. The van der Waals surface area contributed by atoms with Crippen LogP contribution < -0.4 is 4.90 Å². The van der Waals surface area contributed by atoms with Gasteiger partial charge in [-0.25, -0.2) is 9.59 Å². The van der Waals surface area contributed by atoms with Crippen LogP contribution in [0, 0.1) is 0 Å². The number of carboxylic acid groups (broad SMARTS) is 1. The average Bonchev–Trinajstić information content (AvgIpc) is 2.54. The zero-order chi connectivity index (χ0) is 18.4. The maximum atomic E-state index is 12.7. The second-order valence-corrected chi connectivity index (χ2v) is 6.73. The molecule has 1 atom stereocenters. The number of hydrogen-bond acceptors (Lipinski definition) is 3. The number of para-hydroxylation sites is 1. The number of carbonyl (C=O) groups is 2. The lowest BCUT2D eigenvalue weighted by Crippen LogP contribution is -2.48. The quantitative estimate of drug-likeness (QED) is 0.888. The van der Waals surface area contributed by atoms with Crippen molar-refractivity contribution < 1.29 is 19.4 Å². The average molecular weight is 341 g/mol. The van der Waals surface area contributed by atoms with Gasteiger partial charge in [-0.3, -0.25) is 4.90 Å². The molecule has 25 heavy (non-hydrogen) atoms. The molecule has 2 rings (SSSR count). The molecule has 5 heteroatoms. The van der Waals surface area contributed by atoms with Crippen LogP contribution in [0.15, 0.2) is 60.7 Å². The van der Waals surface area contributed by atoms with Gasteiger partial charge in [0.25, 0.3) is 0 Å². The van der Waals surface area contributed by atoms with Crippen LogP contribution in [0.2, 0.25) is 0 Å². The summed E-state index contributed by atoms with van der Waals surface area (Å²) in [6.07, 6.45) is -0.494. The summed E-state index contributed by atoms with van der Waals surface area (Å²) in [6.45, 7) is 5.25. The minimum atomic E-state index is -1.08. The van der Waals surface area contributed by atoms with Gasteiger partial charge in [-0.05, 0) is 38.5 Å². The minimum absolute atomic E-state index is 0.185. The fraction of sp³-hybridized carbons (Fsp3) is 0.300. The van der Waals surface area contributed by atoms with Crippen molar-refractivity contribution in [3.8, 4) is 0 Å². The normalized spacial score (nSPS) is 12.3. The summed E-state index contributed by atoms with van der Waals surface area (Å²) in [4.78, 5) is 25.9. The molecule has 0 aliphatic carbocycles. The van der Waals surface area contributed by atoms with Gasteiger partial charge in [-0.1, -0.05) is 48.5 Å². The number of carbonyl (C=O) groups excluding carboxylic acids is 1. The Bertz CT molecular complexity index is 707. The zero-order valence-corrected chi connectivity index (χ0v) is 14.7. The standard InChI is InChI=1S/C20H23NO4/c1-20(2,3)25-19(24)21(16-12-8-5-9-13-16)17(18(22)23)14-15-10-6-4-7-11-15/h4-13,17H,14H2,1-3H3,(H,22,23). The van der Waals surface area contributed by atoms with E-state index in [4.69, 9.17) is 4.74 Å². The van der Waals surface area contributed by atoms with Gasteiger partial charge in [0.2, 0.25) is 0 Å². The summed E-state index contributed by atoms with van der Waals surface area (Å²) in [5.74, 6) is -1.08. The Hall–Kier alpha value is -2.82. The summed E-state index contributed by atoms with van der Waals surface area (Å²) in [5.41, 5.74) is 0.597. The van der Waals surface area contributed by atoms with Gasteiger partial charge in [0, 0.05) is 12.1 Å². The number of ether oxygens (including phenoxy) is 1. The lowest BCUT2D eigenvalue weighted by molar-refractivity contribution is -0.138. The maximum Gasteiger partial charge on any atom is 0.415 e. The van der Waals surface area contributed by atoms with Crippen LogP contribution in [0.4, 0.5) is 10.5 Å². The third-order valence-electron chi connectivity index (χ3n) is 3.49. The molecule has 1 N–H and O–H groups in total. The smallest absolute Gasteiger partial charge is 0.415 e. The van der Waals surface area contributed by atoms with Crippen LogP contribution in [0.25, 0.3) is 0 Å². The molecule has 0 heterocycles. The summed E-state index contributed by atoms with van der Waals surface area (Å²) in [7, 11) is 0. The molecule has 0 spiro atoms. The topological polar surface area (TPSA) is 66.8 Å². The second-order valence-electron chi connectivity index (χ2n) is 6.73. The largest absolute Gasteiger partial charge is 0.480 e. The van der Waals surface area contributed by atoms with Crippen LogP contribution in [0.3, 0.4) is 0 Å². The first-order chi connectivity index (χ1) is 11.8. The molecular formula is C20H23NO4. The lowest BCUT2D eigenvalue weighted by atomic mass is 10.0. The molecule has 2 aromatic carbocycles. The van der Waals surface area contributed by atoms with E-state index in [-0.39, 0.29) is 6.42 Å². The molecule has 132 valence electrons.